The van der Waals surface area contributed by atoms with Crippen molar-refractivity contribution in [3.05, 3.63) is 36.3 Å². The highest BCUT2D eigenvalue weighted by molar-refractivity contribution is 5.77. The molecule has 2 rings (SSSR count). The van der Waals surface area contributed by atoms with Crippen LogP contribution in [0.25, 0.3) is 0 Å². The van der Waals surface area contributed by atoms with Crippen LogP contribution < -0.4 is 0 Å². The second-order valence-corrected chi connectivity index (χ2v) is 6.84. The van der Waals surface area contributed by atoms with Crippen LogP contribution in [0.2, 0.25) is 0 Å². The number of aliphatic hydroxyl groups excluding tert-OH is 1. The summed E-state index contributed by atoms with van der Waals surface area (Å²) in [6.07, 6.45) is 11.0. The van der Waals surface area contributed by atoms with Crippen molar-refractivity contribution in [1.29, 1.82) is 0 Å². The van der Waals surface area contributed by atoms with Gasteiger partial charge in [0.05, 0.1) is 18.4 Å². The highest BCUT2D eigenvalue weighted by Crippen LogP contribution is 2.21. The third-order valence-corrected chi connectivity index (χ3v) is 4.70. The average Bonchev–Trinajstić information content (AvgIpc) is 3.10. The van der Waals surface area contributed by atoms with Gasteiger partial charge >= 0.3 is 5.97 Å². The van der Waals surface area contributed by atoms with Crippen LogP contribution in [0.5, 0.6) is 0 Å². The molecule has 0 aromatic carbocycles. The van der Waals surface area contributed by atoms with E-state index in [2.05, 4.69) is 0 Å². The number of rotatable bonds is 11. The summed E-state index contributed by atoms with van der Waals surface area (Å²) in [6.45, 7) is 0.690. The molecule has 6 nitrogen and oxygen atoms in total. The molecule has 144 valence electrons. The first kappa shape index (κ1) is 20.2. The zero-order chi connectivity index (χ0) is 18.8. The molecule has 1 aromatic heterocycles. The van der Waals surface area contributed by atoms with Crippen LogP contribution in [0.1, 0.15) is 57.1 Å². The van der Waals surface area contributed by atoms with Crippen molar-refractivity contribution in [2.45, 2.75) is 69.9 Å². The van der Waals surface area contributed by atoms with E-state index in [4.69, 9.17) is 9.52 Å². The van der Waals surface area contributed by atoms with Crippen LogP contribution in [0, 0.1) is 0 Å². The molecule has 1 aliphatic heterocycles. The molecule has 0 bridgehead atoms. The molecule has 1 aromatic rings. The number of aliphatic carboxylic acids is 1. The zero-order valence-electron chi connectivity index (χ0n) is 15.2. The van der Waals surface area contributed by atoms with Gasteiger partial charge in [0.2, 0.25) is 5.91 Å². The number of likely N-dealkylation sites (tertiary alicyclic amines) is 1. The van der Waals surface area contributed by atoms with Crippen molar-refractivity contribution >= 4 is 11.9 Å². The molecule has 26 heavy (non-hydrogen) atoms. The summed E-state index contributed by atoms with van der Waals surface area (Å²) < 4.78 is 5.24. The molecule has 1 unspecified atom stereocenters. The fraction of sp³-hybridized carbons (Fsp3) is 0.600. The molecule has 0 radical (unpaired) electrons. The maximum atomic E-state index is 12.3. The lowest BCUT2D eigenvalue weighted by atomic mass is 9.99. The lowest BCUT2D eigenvalue weighted by Gasteiger charge is -2.34. The van der Waals surface area contributed by atoms with Crippen molar-refractivity contribution in [2.75, 3.05) is 6.54 Å². The van der Waals surface area contributed by atoms with Crippen molar-refractivity contribution < 1.29 is 24.2 Å². The van der Waals surface area contributed by atoms with Crippen LogP contribution >= 0.6 is 0 Å². The number of furan rings is 1. The Hall–Kier alpha value is -2.08. The Kier molecular flexibility index (Phi) is 8.41. The Labute approximate surface area is 154 Å². The number of hydrogen-bond donors (Lipinski definition) is 2. The van der Waals surface area contributed by atoms with Gasteiger partial charge in [-0.1, -0.05) is 25.0 Å². The van der Waals surface area contributed by atoms with Gasteiger partial charge in [0.25, 0.3) is 0 Å². The topological polar surface area (TPSA) is 91.0 Å². The van der Waals surface area contributed by atoms with Gasteiger partial charge in [0, 0.05) is 25.8 Å². The number of hydrogen-bond acceptors (Lipinski definition) is 4. The van der Waals surface area contributed by atoms with Gasteiger partial charge in [-0.3, -0.25) is 9.59 Å². The number of carbonyl (C=O) groups is 2. The Balaban J connectivity index is 1.77. The largest absolute Gasteiger partial charge is 0.481 e. The first-order chi connectivity index (χ1) is 12.6. The van der Waals surface area contributed by atoms with Gasteiger partial charge in [-0.2, -0.15) is 0 Å². The molecule has 0 spiro atoms. The number of aliphatic hydroxyl groups is 1. The summed E-state index contributed by atoms with van der Waals surface area (Å²) in [5, 5.41) is 18.8. The molecule has 0 saturated carbocycles. The number of unbranched alkanes of at least 4 members (excludes halogenated alkanes) is 3. The van der Waals surface area contributed by atoms with Gasteiger partial charge in [-0.15, -0.1) is 0 Å². The number of amides is 1. The van der Waals surface area contributed by atoms with E-state index < -0.39 is 12.1 Å². The Morgan fingerprint density at radius 3 is 2.88 bits per heavy atom. The fourth-order valence-electron chi connectivity index (χ4n) is 3.31. The molecule has 6 heteroatoms. The standard InChI is InChI=1S/C20H29NO5/c22-17(15-18-8-6-14-26-18)12-11-16-7-5-9-19(23)21(16)13-4-2-1-3-10-20(24)25/h6,8,11-12,14,16-17,22H,1-5,7,9-10,13,15H2,(H,24,25)/b12-11+/t16-,17?/m1/s1. The smallest absolute Gasteiger partial charge is 0.303 e. The first-order valence-electron chi connectivity index (χ1n) is 9.46. The molecule has 0 aliphatic carbocycles. The van der Waals surface area contributed by atoms with E-state index in [1.807, 2.05) is 17.0 Å². The van der Waals surface area contributed by atoms with Crippen molar-refractivity contribution in [3.8, 4) is 0 Å². The summed E-state index contributed by atoms with van der Waals surface area (Å²) in [4.78, 5) is 24.7. The average molecular weight is 363 g/mol. The number of carboxylic acid groups (broad SMARTS) is 1. The van der Waals surface area contributed by atoms with Crippen LogP contribution in [0.3, 0.4) is 0 Å². The van der Waals surface area contributed by atoms with Gasteiger partial charge in [-0.25, -0.2) is 0 Å². The SMILES string of the molecule is O=C(O)CCCCCCN1C(=O)CCC[C@@H]1/C=C/C(O)Cc1ccco1. The van der Waals surface area contributed by atoms with Crippen molar-refractivity contribution in [2.24, 2.45) is 0 Å². The van der Waals surface area contributed by atoms with E-state index in [0.717, 1.165) is 37.9 Å². The van der Waals surface area contributed by atoms with Crippen LogP contribution in [-0.4, -0.2) is 45.7 Å². The number of carboxylic acids is 1. The molecule has 1 aliphatic rings. The highest BCUT2D eigenvalue weighted by atomic mass is 16.4. The van der Waals surface area contributed by atoms with Crippen LogP contribution in [0.15, 0.2) is 35.0 Å². The van der Waals surface area contributed by atoms with Crippen molar-refractivity contribution in [1.82, 2.24) is 4.90 Å². The second-order valence-electron chi connectivity index (χ2n) is 6.84. The lowest BCUT2D eigenvalue weighted by molar-refractivity contribution is -0.137. The Morgan fingerprint density at radius 2 is 2.15 bits per heavy atom. The molecular formula is C20H29NO5. The van der Waals surface area contributed by atoms with Gasteiger partial charge < -0.3 is 19.5 Å². The summed E-state index contributed by atoms with van der Waals surface area (Å²) >= 11 is 0. The van der Waals surface area contributed by atoms with E-state index in [0.29, 0.717) is 25.8 Å². The van der Waals surface area contributed by atoms with Crippen molar-refractivity contribution in [3.63, 3.8) is 0 Å². The van der Waals surface area contributed by atoms with Crippen LogP contribution in [0.4, 0.5) is 0 Å². The fourth-order valence-corrected chi connectivity index (χ4v) is 3.31. The molecule has 1 fully saturated rings. The minimum atomic E-state index is -0.755. The molecule has 2 heterocycles. The maximum Gasteiger partial charge on any atom is 0.303 e. The molecule has 1 amide bonds. The highest BCUT2D eigenvalue weighted by Gasteiger charge is 2.25. The predicted octanol–water partition coefficient (Wildman–Crippen LogP) is 3.16. The molecular weight excluding hydrogens is 334 g/mol. The minimum absolute atomic E-state index is 0.0292. The summed E-state index contributed by atoms with van der Waals surface area (Å²) in [6, 6.07) is 3.66. The van der Waals surface area contributed by atoms with Gasteiger partial charge in [0.15, 0.2) is 0 Å². The Bertz CT molecular complexity index is 581. The summed E-state index contributed by atoms with van der Waals surface area (Å²) in [5.41, 5.74) is 0. The van der Waals surface area contributed by atoms with E-state index in [1.165, 1.54) is 0 Å². The normalized spacial score (nSPS) is 19.2. The van der Waals surface area contributed by atoms with E-state index >= 15 is 0 Å². The lowest BCUT2D eigenvalue weighted by Crippen LogP contribution is -2.43. The van der Waals surface area contributed by atoms with Gasteiger partial charge in [0.1, 0.15) is 5.76 Å². The maximum absolute atomic E-state index is 12.3. The first-order valence-corrected chi connectivity index (χ1v) is 9.46. The van der Waals surface area contributed by atoms with E-state index in [9.17, 15) is 14.7 Å². The van der Waals surface area contributed by atoms with E-state index in [-0.39, 0.29) is 18.4 Å². The minimum Gasteiger partial charge on any atom is -0.481 e. The summed E-state index contributed by atoms with van der Waals surface area (Å²) in [5.74, 6) is 0.145. The quantitative estimate of drug-likeness (QED) is 0.465. The third kappa shape index (κ3) is 7.04. The number of nitrogens with zero attached hydrogens (tertiary/aromatic N) is 1. The third-order valence-electron chi connectivity index (χ3n) is 4.70. The molecule has 2 atom stereocenters. The van der Waals surface area contributed by atoms with E-state index in [1.54, 1.807) is 18.4 Å². The molecule has 1 saturated heterocycles. The Morgan fingerprint density at radius 1 is 1.35 bits per heavy atom. The monoisotopic (exact) mass is 363 g/mol. The second kappa shape index (κ2) is 10.8. The number of carbonyl (C=O) groups excluding carboxylic acids is 1. The number of piperidine rings is 1. The molecule has 2 N–H and O–H groups in total. The summed E-state index contributed by atoms with van der Waals surface area (Å²) in [7, 11) is 0. The van der Waals surface area contributed by atoms with Crippen LogP contribution in [-0.2, 0) is 16.0 Å². The zero-order valence-corrected chi connectivity index (χ0v) is 15.2. The predicted molar refractivity (Wildman–Crippen MR) is 97.6 cm³/mol. The van der Waals surface area contributed by atoms with Gasteiger partial charge in [-0.05, 0) is 37.8 Å².